The van der Waals surface area contributed by atoms with Crippen LogP contribution in [0.15, 0.2) is 24.3 Å². The SMILES string of the molecule is CC(=O)N1CCN(C(=O)C(C)Oc2cc(C)cc3ccc(C)nc23)CC1. The quantitative estimate of drug-likeness (QED) is 0.848. The third-order valence-electron chi connectivity index (χ3n) is 4.73. The molecular weight excluding hydrogens is 330 g/mol. The molecule has 1 atom stereocenters. The molecular formula is C20H25N3O3. The zero-order chi connectivity index (χ0) is 18.8. The molecule has 1 saturated heterocycles. The maximum Gasteiger partial charge on any atom is 0.263 e. The van der Waals surface area contributed by atoms with Gasteiger partial charge in [-0.05, 0) is 44.5 Å². The molecule has 0 spiro atoms. The predicted molar refractivity (Wildman–Crippen MR) is 100 cm³/mol. The first-order valence-electron chi connectivity index (χ1n) is 8.94. The maximum atomic E-state index is 12.7. The van der Waals surface area contributed by atoms with Crippen molar-refractivity contribution in [1.82, 2.24) is 14.8 Å². The molecule has 1 aliphatic rings. The van der Waals surface area contributed by atoms with Crippen LogP contribution in [0.2, 0.25) is 0 Å². The predicted octanol–water partition coefficient (Wildman–Crippen LogP) is 2.31. The van der Waals surface area contributed by atoms with E-state index in [0.717, 1.165) is 22.2 Å². The summed E-state index contributed by atoms with van der Waals surface area (Å²) in [6.45, 7) is 9.48. The van der Waals surface area contributed by atoms with Crippen LogP contribution in [-0.2, 0) is 9.59 Å². The second-order valence-corrected chi connectivity index (χ2v) is 6.88. The molecule has 0 saturated carbocycles. The minimum atomic E-state index is -0.605. The number of nitrogens with zero attached hydrogens (tertiary/aromatic N) is 3. The highest BCUT2D eigenvalue weighted by Gasteiger charge is 2.27. The van der Waals surface area contributed by atoms with Crippen LogP contribution >= 0.6 is 0 Å². The zero-order valence-corrected chi connectivity index (χ0v) is 15.8. The van der Waals surface area contributed by atoms with Crippen molar-refractivity contribution >= 4 is 22.7 Å². The maximum absolute atomic E-state index is 12.7. The lowest BCUT2D eigenvalue weighted by Crippen LogP contribution is -2.52. The molecule has 26 heavy (non-hydrogen) atoms. The largest absolute Gasteiger partial charge is 0.479 e. The summed E-state index contributed by atoms with van der Waals surface area (Å²) in [6, 6.07) is 7.97. The van der Waals surface area contributed by atoms with Crippen LogP contribution in [0.1, 0.15) is 25.1 Å². The average molecular weight is 355 g/mol. The van der Waals surface area contributed by atoms with Crippen LogP contribution in [-0.4, -0.2) is 58.9 Å². The lowest BCUT2D eigenvalue weighted by atomic mass is 10.1. The molecule has 1 aliphatic heterocycles. The highest BCUT2D eigenvalue weighted by molar-refractivity contribution is 5.87. The summed E-state index contributed by atoms with van der Waals surface area (Å²) in [5, 5.41) is 1.00. The van der Waals surface area contributed by atoms with Crippen molar-refractivity contribution < 1.29 is 14.3 Å². The molecule has 1 fully saturated rings. The van der Waals surface area contributed by atoms with Gasteiger partial charge in [0.1, 0.15) is 11.3 Å². The van der Waals surface area contributed by atoms with Gasteiger partial charge in [-0.1, -0.05) is 6.07 Å². The van der Waals surface area contributed by atoms with E-state index in [-0.39, 0.29) is 11.8 Å². The van der Waals surface area contributed by atoms with Gasteiger partial charge in [-0.15, -0.1) is 0 Å². The summed E-state index contributed by atoms with van der Waals surface area (Å²) in [7, 11) is 0. The van der Waals surface area contributed by atoms with Crippen molar-refractivity contribution in [2.24, 2.45) is 0 Å². The number of benzene rings is 1. The third-order valence-corrected chi connectivity index (χ3v) is 4.73. The number of aromatic nitrogens is 1. The van der Waals surface area contributed by atoms with Gasteiger partial charge in [0.2, 0.25) is 5.91 Å². The fourth-order valence-electron chi connectivity index (χ4n) is 3.27. The van der Waals surface area contributed by atoms with Gasteiger partial charge in [-0.25, -0.2) is 4.98 Å². The van der Waals surface area contributed by atoms with Crippen LogP contribution in [0.25, 0.3) is 10.9 Å². The lowest BCUT2D eigenvalue weighted by Gasteiger charge is -2.35. The minimum Gasteiger partial charge on any atom is -0.479 e. The van der Waals surface area contributed by atoms with E-state index >= 15 is 0 Å². The molecule has 2 amide bonds. The van der Waals surface area contributed by atoms with Gasteiger partial charge in [0.25, 0.3) is 5.91 Å². The first-order valence-corrected chi connectivity index (χ1v) is 8.94. The molecule has 1 aromatic carbocycles. The Morgan fingerprint density at radius 1 is 1.08 bits per heavy atom. The van der Waals surface area contributed by atoms with Gasteiger partial charge in [-0.3, -0.25) is 9.59 Å². The van der Waals surface area contributed by atoms with Crippen LogP contribution in [0, 0.1) is 13.8 Å². The zero-order valence-electron chi connectivity index (χ0n) is 15.8. The number of pyridine rings is 1. The number of rotatable bonds is 3. The lowest BCUT2D eigenvalue weighted by molar-refractivity contribution is -0.143. The molecule has 0 radical (unpaired) electrons. The molecule has 138 valence electrons. The van der Waals surface area contributed by atoms with Crippen LogP contribution in [0.5, 0.6) is 5.75 Å². The molecule has 0 N–H and O–H groups in total. The van der Waals surface area contributed by atoms with E-state index in [2.05, 4.69) is 11.1 Å². The topological polar surface area (TPSA) is 62.7 Å². The molecule has 6 nitrogen and oxygen atoms in total. The molecule has 0 aliphatic carbocycles. The number of hydrogen-bond acceptors (Lipinski definition) is 4. The Morgan fingerprint density at radius 2 is 1.73 bits per heavy atom. The summed E-state index contributed by atoms with van der Waals surface area (Å²) >= 11 is 0. The van der Waals surface area contributed by atoms with Gasteiger partial charge in [0.15, 0.2) is 6.10 Å². The summed E-state index contributed by atoms with van der Waals surface area (Å²) < 4.78 is 6.02. The third kappa shape index (κ3) is 3.79. The van der Waals surface area contributed by atoms with Gasteiger partial charge >= 0.3 is 0 Å². The summed E-state index contributed by atoms with van der Waals surface area (Å²) in [5.41, 5.74) is 2.75. The van der Waals surface area contributed by atoms with E-state index in [0.29, 0.717) is 31.9 Å². The highest BCUT2D eigenvalue weighted by atomic mass is 16.5. The molecule has 1 aromatic heterocycles. The summed E-state index contributed by atoms with van der Waals surface area (Å²) in [5.74, 6) is 0.622. The second-order valence-electron chi connectivity index (χ2n) is 6.88. The van der Waals surface area contributed by atoms with Crippen molar-refractivity contribution in [3.05, 3.63) is 35.5 Å². The monoisotopic (exact) mass is 355 g/mol. The number of aryl methyl sites for hydroxylation is 2. The van der Waals surface area contributed by atoms with E-state index in [1.54, 1.807) is 23.6 Å². The Bertz CT molecular complexity index is 842. The number of piperazine rings is 1. The van der Waals surface area contributed by atoms with Gasteiger partial charge < -0.3 is 14.5 Å². The van der Waals surface area contributed by atoms with Crippen molar-refractivity contribution in [3.8, 4) is 5.75 Å². The number of hydrogen-bond donors (Lipinski definition) is 0. The normalized spacial score (nSPS) is 15.8. The fourth-order valence-corrected chi connectivity index (χ4v) is 3.27. The average Bonchev–Trinajstić information content (AvgIpc) is 2.61. The van der Waals surface area contributed by atoms with Gasteiger partial charge in [0.05, 0.1) is 0 Å². The number of carbonyl (C=O) groups is 2. The smallest absolute Gasteiger partial charge is 0.263 e. The van der Waals surface area contributed by atoms with Gasteiger partial charge in [0, 0.05) is 44.2 Å². The number of fused-ring (bicyclic) bond motifs is 1. The van der Waals surface area contributed by atoms with E-state index in [9.17, 15) is 9.59 Å². The second kappa shape index (κ2) is 7.32. The Hall–Kier alpha value is -2.63. The molecule has 2 aromatic rings. The Kier molecular flexibility index (Phi) is 5.11. The summed E-state index contributed by atoms with van der Waals surface area (Å²) in [6.07, 6.45) is -0.605. The molecule has 2 heterocycles. The Balaban J connectivity index is 1.75. The fraction of sp³-hybridized carbons (Fsp3) is 0.450. The summed E-state index contributed by atoms with van der Waals surface area (Å²) in [4.78, 5) is 32.3. The highest BCUT2D eigenvalue weighted by Crippen LogP contribution is 2.27. The van der Waals surface area contributed by atoms with E-state index < -0.39 is 6.10 Å². The van der Waals surface area contributed by atoms with Crippen LogP contribution in [0.4, 0.5) is 0 Å². The van der Waals surface area contributed by atoms with E-state index in [1.807, 2.05) is 32.0 Å². The van der Waals surface area contributed by atoms with Crippen LogP contribution in [0.3, 0.4) is 0 Å². The van der Waals surface area contributed by atoms with Crippen molar-refractivity contribution in [3.63, 3.8) is 0 Å². The molecule has 6 heteroatoms. The number of carbonyl (C=O) groups excluding carboxylic acids is 2. The molecule has 0 bridgehead atoms. The first kappa shape index (κ1) is 18.2. The number of ether oxygens (including phenoxy) is 1. The van der Waals surface area contributed by atoms with Crippen LogP contribution < -0.4 is 4.74 Å². The van der Waals surface area contributed by atoms with E-state index in [4.69, 9.17) is 4.74 Å². The number of amides is 2. The Labute approximate surface area is 153 Å². The van der Waals surface area contributed by atoms with E-state index in [1.165, 1.54) is 0 Å². The molecule has 3 rings (SSSR count). The van der Waals surface area contributed by atoms with Gasteiger partial charge in [-0.2, -0.15) is 0 Å². The minimum absolute atomic E-state index is 0.0501. The standard InChI is InChI=1S/C20H25N3O3/c1-13-11-17-6-5-14(2)21-19(17)18(12-13)26-15(3)20(25)23-9-7-22(8-10-23)16(4)24/h5-6,11-12,15H,7-10H2,1-4H3. The van der Waals surface area contributed by atoms with Crippen molar-refractivity contribution in [1.29, 1.82) is 0 Å². The molecule has 1 unspecified atom stereocenters. The first-order chi connectivity index (χ1) is 12.3. The van der Waals surface area contributed by atoms with Crippen molar-refractivity contribution in [2.45, 2.75) is 33.8 Å². The van der Waals surface area contributed by atoms with Crippen molar-refractivity contribution in [2.75, 3.05) is 26.2 Å². The Morgan fingerprint density at radius 3 is 2.38 bits per heavy atom.